The summed E-state index contributed by atoms with van der Waals surface area (Å²) in [5, 5.41) is 37.0. The van der Waals surface area contributed by atoms with Gasteiger partial charge in [-0.15, -0.1) is 0 Å². The van der Waals surface area contributed by atoms with Gasteiger partial charge in [0.15, 0.2) is 0 Å². The van der Waals surface area contributed by atoms with E-state index in [2.05, 4.69) is 0 Å². The van der Waals surface area contributed by atoms with Crippen LogP contribution in [-0.2, 0) is 4.74 Å². The van der Waals surface area contributed by atoms with Gasteiger partial charge in [-0.1, -0.05) is 0 Å². The van der Waals surface area contributed by atoms with Crippen molar-refractivity contribution in [1.82, 2.24) is 0 Å². The predicted octanol–water partition coefficient (Wildman–Crippen LogP) is -1.43. The quantitative estimate of drug-likeness (QED) is 0.324. The summed E-state index contributed by atoms with van der Waals surface area (Å²) in [6, 6.07) is 0. The van der Waals surface area contributed by atoms with Gasteiger partial charge in [-0.05, 0) is 29.5 Å². The van der Waals surface area contributed by atoms with Crippen LogP contribution in [0, 0.1) is 0 Å². The first-order valence-electron chi connectivity index (χ1n) is 3.49. The highest BCUT2D eigenvalue weighted by Gasteiger charge is 2.49. The third-order valence-electron chi connectivity index (χ3n) is 1.87. The molecule has 0 saturated carbocycles. The standard InChI is InChI=1S/C6H11IO5/c1-2-3(8)4(9)5(10)6(7,11)12-2/h2-5,8-11H,1H3/t2-,3-,4+,5+,6-/m0/s1. The normalized spacial score (nSPS) is 55.5. The lowest BCUT2D eigenvalue weighted by atomic mass is 10.0. The molecule has 0 spiro atoms. The van der Waals surface area contributed by atoms with E-state index in [0.717, 1.165) is 0 Å². The largest absolute Gasteiger partial charge is 0.388 e. The second-order valence-corrected chi connectivity index (χ2v) is 4.40. The van der Waals surface area contributed by atoms with E-state index in [0.29, 0.717) is 0 Å². The van der Waals surface area contributed by atoms with Crippen molar-refractivity contribution in [3.05, 3.63) is 0 Å². The number of alkyl halides is 1. The van der Waals surface area contributed by atoms with Gasteiger partial charge in [-0.25, -0.2) is 0 Å². The molecule has 4 N–H and O–H groups in total. The molecule has 0 aromatic heterocycles. The Hall–Kier alpha value is 0.530. The summed E-state index contributed by atoms with van der Waals surface area (Å²) in [6.07, 6.45) is -4.75. The minimum absolute atomic E-state index is 0.703. The predicted molar refractivity (Wildman–Crippen MR) is 47.5 cm³/mol. The Balaban J connectivity index is 2.78. The zero-order chi connectivity index (χ0) is 9.52. The highest BCUT2D eigenvalue weighted by Crippen LogP contribution is 2.32. The van der Waals surface area contributed by atoms with Crippen LogP contribution in [0.1, 0.15) is 6.92 Å². The topological polar surface area (TPSA) is 90.2 Å². The van der Waals surface area contributed by atoms with Gasteiger partial charge in [-0.2, -0.15) is 0 Å². The van der Waals surface area contributed by atoms with Crippen molar-refractivity contribution < 1.29 is 25.2 Å². The van der Waals surface area contributed by atoms with Crippen molar-refractivity contribution >= 4 is 22.6 Å². The molecule has 1 rings (SSSR count). The number of ether oxygens (including phenoxy) is 1. The molecule has 1 aliphatic heterocycles. The maximum absolute atomic E-state index is 9.34. The van der Waals surface area contributed by atoms with Gasteiger partial charge in [-0.3, -0.25) is 0 Å². The van der Waals surface area contributed by atoms with Gasteiger partial charge in [0.2, 0.25) is 3.79 Å². The number of halogens is 1. The molecule has 1 fully saturated rings. The van der Waals surface area contributed by atoms with E-state index in [4.69, 9.17) is 4.74 Å². The molecule has 0 aliphatic carbocycles. The Morgan fingerprint density at radius 3 is 2.25 bits per heavy atom. The molecule has 0 bridgehead atoms. The van der Waals surface area contributed by atoms with Crippen LogP contribution in [0.3, 0.4) is 0 Å². The van der Waals surface area contributed by atoms with E-state index in [9.17, 15) is 20.4 Å². The second kappa shape index (κ2) is 3.35. The monoisotopic (exact) mass is 290 g/mol. The Bertz CT molecular complexity index is 173. The fraction of sp³-hybridized carbons (Fsp3) is 1.00. The number of aliphatic hydroxyl groups excluding tert-OH is 3. The summed E-state index contributed by atoms with van der Waals surface area (Å²) in [6.45, 7) is 1.50. The lowest BCUT2D eigenvalue weighted by Crippen LogP contribution is -2.60. The smallest absolute Gasteiger partial charge is 0.248 e. The molecular weight excluding hydrogens is 279 g/mol. The first-order valence-corrected chi connectivity index (χ1v) is 4.57. The van der Waals surface area contributed by atoms with Crippen LogP contribution in [0.5, 0.6) is 0 Å². The van der Waals surface area contributed by atoms with E-state index in [-0.39, 0.29) is 0 Å². The molecule has 1 saturated heterocycles. The van der Waals surface area contributed by atoms with Crippen molar-refractivity contribution in [1.29, 1.82) is 0 Å². The average Bonchev–Trinajstić information content (AvgIpc) is 1.97. The maximum Gasteiger partial charge on any atom is 0.248 e. The van der Waals surface area contributed by atoms with Crippen LogP contribution < -0.4 is 0 Å². The number of aliphatic hydroxyl groups is 4. The van der Waals surface area contributed by atoms with Crippen LogP contribution in [0.4, 0.5) is 0 Å². The summed E-state index contributed by atoms with van der Waals surface area (Å²) in [7, 11) is 0. The fourth-order valence-corrected chi connectivity index (χ4v) is 1.84. The summed E-state index contributed by atoms with van der Waals surface area (Å²) >= 11 is 1.47. The minimum atomic E-state index is -1.82. The molecule has 5 atom stereocenters. The molecule has 0 amide bonds. The number of hydrogen-bond donors (Lipinski definition) is 4. The molecule has 0 radical (unpaired) electrons. The van der Waals surface area contributed by atoms with Gasteiger partial charge in [0.1, 0.15) is 18.3 Å². The van der Waals surface area contributed by atoms with Crippen molar-refractivity contribution in [3.63, 3.8) is 0 Å². The molecular formula is C6H11IO5. The Labute approximate surface area is 83.1 Å². The highest BCUT2D eigenvalue weighted by atomic mass is 127. The molecule has 5 nitrogen and oxygen atoms in total. The van der Waals surface area contributed by atoms with Crippen molar-refractivity contribution in [2.75, 3.05) is 0 Å². The van der Waals surface area contributed by atoms with Crippen LogP contribution in [0.15, 0.2) is 0 Å². The SMILES string of the molecule is C[C@@H]1O[C@](O)(I)[C@H](O)[C@H](O)[C@H]1O. The van der Waals surface area contributed by atoms with Gasteiger partial charge < -0.3 is 25.2 Å². The maximum atomic E-state index is 9.34. The van der Waals surface area contributed by atoms with Crippen molar-refractivity contribution in [2.24, 2.45) is 0 Å². The third-order valence-corrected chi connectivity index (χ3v) is 2.76. The summed E-state index contributed by atoms with van der Waals surface area (Å²) in [5.41, 5.74) is 0. The fourth-order valence-electron chi connectivity index (χ4n) is 1.08. The van der Waals surface area contributed by atoms with E-state index < -0.39 is 28.2 Å². The summed E-state index contributed by atoms with van der Waals surface area (Å²) < 4.78 is 3.03. The lowest BCUT2D eigenvalue weighted by Gasteiger charge is -2.41. The molecule has 1 aliphatic rings. The first kappa shape index (κ1) is 10.6. The van der Waals surface area contributed by atoms with Gasteiger partial charge >= 0.3 is 0 Å². The van der Waals surface area contributed by atoms with Crippen LogP contribution in [-0.4, -0.2) is 48.6 Å². The minimum Gasteiger partial charge on any atom is -0.388 e. The first-order chi connectivity index (χ1) is 5.36. The van der Waals surface area contributed by atoms with Gasteiger partial charge in [0.25, 0.3) is 0 Å². The van der Waals surface area contributed by atoms with Crippen molar-refractivity contribution in [2.45, 2.75) is 35.1 Å². The van der Waals surface area contributed by atoms with Crippen LogP contribution in [0.25, 0.3) is 0 Å². The number of rotatable bonds is 0. The second-order valence-electron chi connectivity index (χ2n) is 2.86. The number of hydrogen-bond acceptors (Lipinski definition) is 5. The van der Waals surface area contributed by atoms with Crippen LogP contribution in [0.2, 0.25) is 0 Å². The molecule has 72 valence electrons. The van der Waals surface area contributed by atoms with E-state index >= 15 is 0 Å². The van der Waals surface area contributed by atoms with Gasteiger partial charge in [0.05, 0.1) is 6.10 Å². The molecule has 6 heteroatoms. The molecule has 0 unspecified atom stereocenters. The molecule has 1 heterocycles. The lowest BCUT2D eigenvalue weighted by molar-refractivity contribution is -0.287. The molecule has 0 aromatic carbocycles. The van der Waals surface area contributed by atoms with E-state index in [1.807, 2.05) is 0 Å². The van der Waals surface area contributed by atoms with Crippen molar-refractivity contribution in [3.8, 4) is 0 Å². The molecule has 12 heavy (non-hydrogen) atoms. The van der Waals surface area contributed by atoms with Crippen LogP contribution >= 0.6 is 22.6 Å². The summed E-state index contributed by atoms with van der Waals surface area (Å²) in [5.74, 6) is 0. The summed E-state index contributed by atoms with van der Waals surface area (Å²) in [4.78, 5) is 0. The van der Waals surface area contributed by atoms with E-state index in [1.54, 1.807) is 0 Å². The Morgan fingerprint density at radius 1 is 1.25 bits per heavy atom. The highest BCUT2D eigenvalue weighted by molar-refractivity contribution is 14.1. The van der Waals surface area contributed by atoms with Gasteiger partial charge in [0, 0.05) is 0 Å². The average molecular weight is 290 g/mol. The molecule has 0 aromatic rings. The Morgan fingerprint density at radius 2 is 1.75 bits per heavy atom. The Kier molecular flexibility index (Phi) is 2.96. The zero-order valence-corrected chi connectivity index (χ0v) is 8.54. The van der Waals surface area contributed by atoms with E-state index in [1.165, 1.54) is 29.5 Å². The zero-order valence-electron chi connectivity index (χ0n) is 6.38. The third kappa shape index (κ3) is 1.73.